The lowest BCUT2D eigenvalue weighted by Gasteiger charge is -2.26. The molecule has 0 amide bonds. The van der Waals surface area contributed by atoms with Crippen LogP contribution in [0.1, 0.15) is 5.56 Å². The predicted octanol–water partition coefficient (Wildman–Crippen LogP) is 1.78. The van der Waals surface area contributed by atoms with Crippen LogP contribution in [0.3, 0.4) is 0 Å². The van der Waals surface area contributed by atoms with Crippen LogP contribution in [0.5, 0.6) is 11.5 Å². The third kappa shape index (κ3) is 4.74. The summed E-state index contributed by atoms with van der Waals surface area (Å²) >= 11 is 6.11. The Morgan fingerprint density at radius 2 is 2.00 bits per heavy atom. The van der Waals surface area contributed by atoms with Crippen molar-refractivity contribution in [2.24, 2.45) is 0 Å². The molecule has 0 radical (unpaired) electrons. The molecule has 21 heavy (non-hydrogen) atoms. The maximum atomic E-state index is 6.11. The summed E-state index contributed by atoms with van der Waals surface area (Å²) in [7, 11) is 3.26. The van der Waals surface area contributed by atoms with Crippen molar-refractivity contribution < 1.29 is 14.2 Å². The van der Waals surface area contributed by atoms with Gasteiger partial charge in [0.05, 0.1) is 27.4 Å². The predicted molar refractivity (Wildman–Crippen MR) is 83.5 cm³/mol. The fourth-order valence-corrected chi connectivity index (χ4v) is 2.65. The summed E-state index contributed by atoms with van der Waals surface area (Å²) in [6.07, 6.45) is 0. The van der Waals surface area contributed by atoms with Crippen LogP contribution in [-0.4, -0.2) is 58.5 Å². The topological polar surface area (TPSA) is 43.0 Å². The number of benzene rings is 1. The maximum Gasteiger partial charge on any atom is 0.165 e. The molecule has 1 fully saturated rings. The Balaban J connectivity index is 1.85. The van der Waals surface area contributed by atoms with E-state index in [1.807, 2.05) is 6.07 Å². The molecule has 6 heteroatoms. The summed E-state index contributed by atoms with van der Waals surface area (Å²) in [5.41, 5.74) is 1.00. The highest BCUT2D eigenvalue weighted by Gasteiger charge is 2.12. The van der Waals surface area contributed by atoms with E-state index in [4.69, 9.17) is 25.8 Å². The average molecular weight is 315 g/mol. The van der Waals surface area contributed by atoms with E-state index in [1.165, 1.54) is 0 Å². The molecular formula is C15H23ClN2O3. The first kappa shape index (κ1) is 16.4. The van der Waals surface area contributed by atoms with Crippen molar-refractivity contribution in [2.45, 2.75) is 6.54 Å². The highest BCUT2D eigenvalue weighted by Crippen LogP contribution is 2.34. The van der Waals surface area contributed by atoms with Crippen LogP contribution in [0.4, 0.5) is 0 Å². The molecule has 2 rings (SSSR count). The fraction of sp³-hybridized carbons (Fsp3) is 0.600. The minimum Gasteiger partial charge on any atom is -0.493 e. The maximum absolute atomic E-state index is 6.11. The zero-order valence-corrected chi connectivity index (χ0v) is 13.4. The molecule has 0 aromatic heterocycles. The Morgan fingerprint density at radius 3 is 2.67 bits per heavy atom. The van der Waals surface area contributed by atoms with Crippen LogP contribution in [0.15, 0.2) is 12.1 Å². The van der Waals surface area contributed by atoms with Crippen LogP contribution in [0, 0.1) is 0 Å². The van der Waals surface area contributed by atoms with E-state index in [0.717, 1.165) is 50.7 Å². The SMILES string of the molecule is COc1cc(Cl)cc(CNCCN2CCOCC2)c1OC. The molecule has 0 aliphatic carbocycles. The zero-order valence-electron chi connectivity index (χ0n) is 12.7. The summed E-state index contributed by atoms with van der Waals surface area (Å²) in [4.78, 5) is 2.40. The molecule has 1 saturated heterocycles. The number of hydrogen-bond acceptors (Lipinski definition) is 5. The van der Waals surface area contributed by atoms with Gasteiger partial charge in [-0.3, -0.25) is 4.90 Å². The molecule has 1 heterocycles. The van der Waals surface area contributed by atoms with E-state index in [0.29, 0.717) is 17.3 Å². The standard InChI is InChI=1S/C15H23ClN2O3/c1-19-14-10-13(16)9-12(15(14)20-2)11-17-3-4-18-5-7-21-8-6-18/h9-10,17H,3-8,11H2,1-2H3. The van der Waals surface area contributed by atoms with Gasteiger partial charge in [0.1, 0.15) is 0 Å². The van der Waals surface area contributed by atoms with Crippen molar-refractivity contribution in [1.29, 1.82) is 0 Å². The van der Waals surface area contributed by atoms with Gasteiger partial charge >= 0.3 is 0 Å². The summed E-state index contributed by atoms with van der Waals surface area (Å²) in [6, 6.07) is 3.67. The lowest BCUT2D eigenvalue weighted by Crippen LogP contribution is -2.40. The van der Waals surface area contributed by atoms with Crippen molar-refractivity contribution in [3.05, 3.63) is 22.7 Å². The van der Waals surface area contributed by atoms with Crippen LogP contribution in [0.2, 0.25) is 5.02 Å². The molecule has 118 valence electrons. The van der Waals surface area contributed by atoms with Crippen LogP contribution >= 0.6 is 11.6 Å². The second-order valence-electron chi connectivity index (χ2n) is 4.93. The Kier molecular flexibility index (Phi) is 6.57. The number of nitrogens with one attached hydrogen (secondary N) is 1. The van der Waals surface area contributed by atoms with Gasteiger partial charge in [-0.15, -0.1) is 0 Å². The van der Waals surface area contributed by atoms with E-state index >= 15 is 0 Å². The van der Waals surface area contributed by atoms with Crippen molar-refractivity contribution in [2.75, 3.05) is 53.6 Å². The number of hydrogen-bond donors (Lipinski definition) is 1. The van der Waals surface area contributed by atoms with Gasteiger partial charge in [-0.25, -0.2) is 0 Å². The van der Waals surface area contributed by atoms with Gasteiger partial charge in [-0.2, -0.15) is 0 Å². The second kappa shape index (κ2) is 8.44. The normalized spacial score (nSPS) is 16.0. The van der Waals surface area contributed by atoms with Gasteiger partial charge in [0.15, 0.2) is 11.5 Å². The first-order valence-corrected chi connectivity index (χ1v) is 7.53. The summed E-state index contributed by atoms with van der Waals surface area (Å²) in [5.74, 6) is 1.40. The van der Waals surface area contributed by atoms with Gasteiger partial charge in [-0.05, 0) is 6.07 Å². The quantitative estimate of drug-likeness (QED) is 0.777. The van der Waals surface area contributed by atoms with Crippen LogP contribution < -0.4 is 14.8 Å². The summed E-state index contributed by atoms with van der Waals surface area (Å²) < 4.78 is 16.1. The molecule has 0 spiro atoms. The number of morpholine rings is 1. The molecule has 5 nitrogen and oxygen atoms in total. The van der Waals surface area contributed by atoms with Gasteiger partial charge in [0, 0.05) is 49.4 Å². The van der Waals surface area contributed by atoms with Crippen molar-refractivity contribution >= 4 is 11.6 Å². The molecule has 1 aromatic rings. The van der Waals surface area contributed by atoms with Gasteiger partial charge in [0.2, 0.25) is 0 Å². The van der Waals surface area contributed by atoms with E-state index in [-0.39, 0.29) is 0 Å². The minimum absolute atomic E-state index is 0.651. The Morgan fingerprint density at radius 1 is 1.24 bits per heavy atom. The van der Waals surface area contributed by atoms with E-state index in [1.54, 1.807) is 20.3 Å². The van der Waals surface area contributed by atoms with E-state index in [2.05, 4.69) is 10.2 Å². The first-order chi connectivity index (χ1) is 10.2. The van der Waals surface area contributed by atoms with E-state index < -0.39 is 0 Å². The summed E-state index contributed by atoms with van der Waals surface area (Å²) in [6.45, 7) is 6.32. The number of ether oxygens (including phenoxy) is 3. The molecule has 0 saturated carbocycles. The highest BCUT2D eigenvalue weighted by atomic mass is 35.5. The summed E-state index contributed by atoms with van der Waals surface area (Å²) in [5, 5.41) is 4.08. The lowest BCUT2D eigenvalue weighted by molar-refractivity contribution is 0.0384. The molecule has 0 bridgehead atoms. The molecule has 1 N–H and O–H groups in total. The molecule has 1 aliphatic heterocycles. The molecule has 1 aliphatic rings. The molecule has 0 atom stereocenters. The molecule has 0 unspecified atom stereocenters. The number of halogens is 1. The van der Waals surface area contributed by atoms with Crippen molar-refractivity contribution in [1.82, 2.24) is 10.2 Å². The Hall–Kier alpha value is -1.01. The van der Waals surface area contributed by atoms with Gasteiger partial charge < -0.3 is 19.5 Å². The third-order valence-corrected chi connectivity index (χ3v) is 3.76. The van der Waals surface area contributed by atoms with Crippen LogP contribution in [-0.2, 0) is 11.3 Å². The van der Waals surface area contributed by atoms with Crippen LogP contribution in [0.25, 0.3) is 0 Å². The highest BCUT2D eigenvalue weighted by molar-refractivity contribution is 6.30. The van der Waals surface area contributed by atoms with Gasteiger partial charge in [0.25, 0.3) is 0 Å². The monoisotopic (exact) mass is 314 g/mol. The largest absolute Gasteiger partial charge is 0.493 e. The van der Waals surface area contributed by atoms with Crippen molar-refractivity contribution in [3.8, 4) is 11.5 Å². The lowest BCUT2D eigenvalue weighted by atomic mass is 10.2. The fourth-order valence-electron chi connectivity index (χ4n) is 2.42. The van der Waals surface area contributed by atoms with Gasteiger partial charge in [-0.1, -0.05) is 11.6 Å². The third-order valence-electron chi connectivity index (χ3n) is 3.54. The average Bonchev–Trinajstić information content (AvgIpc) is 2.52. The molecule has 1 aromatic carbocycles. The van der Waals surface area contributed by atoms with Crippen molar-refractivity contribution in [3.63, 3.8) is 0 Å². The Bertz CT molecular complexity index is 451. The Labute approximate surface area is 131 Å². The number of rotatable bonds is 7. The molecular weight excluding hydrogens is 292 g/mol. The first-order valence-electron chi connectivity index (χ1n) is 7.16. The minimum atomic E-state index is 0.651. The smallest absolute Gasteiger partial charge is 0.165 e. The number of nitrogens with zero attached hydrogens (tertiary/aromatic N) is 1. The zero-order chi connectivity index (χ0) is 15.1. The number of methoxy groups -OCH3 is 2. The second-order valence-corrected chi connectivity index (χ2v) is 5.37. The van der Waals surface area contributed by atoms with E-state index in [9.17, 15) is 0 Å².